The molecule has 2 spiro atoms. The van der Waals surface area contributed by atoms with Crippen molar-refractivity contribution < 1.29 is 54.8 Å². The van der Waals surface area contributed by atoms with E-state index in [2.05, 4.69) is 26.0 Å². The number of hydrogen-bond acceptors (Lipinski definition) is 13. The Morgan fingerprint density at radius 2 is 1.45 bits per heavy atom. The van der Waals surface area contributed by atoms with Crippen molar-refractivity contribution in [1.82, 2.24) is 9.97 Å². The van der Waals surface area contributed by atoms with Gasteiger partial charge in [-0.3, -0.25) is 14.8 Å². The molecule has 4 heterocycles. The van der Waals surface area contributed by atoms with Crippen molar-refractivity contribution in [2.75, 3.05) is 13.2 Å². The Labute approximate surface area is 395 Å². The van der Waals surface area contributed by atoms with Crippen molar-refractivity contribution in [3.8, 4) is 0 Å². The Kier molecular flexibility index (Phi) is 9.65. The van der Waals surface area contributed by atoms with Gasteiger partial charge in [-0.1, -0.05) is 57.9 Å². The normalized spacial score (nSPS) is 54.0. The second-order valence-corrected chi connectivity index (χ2v) is 26.0. The van der Waals surface area contributed by atoms with E-state index in [0.29, 0.717) is 31.1 Å². The van der Waals surface area contributed by atoms with Gasteiger partial charge in [-0.25, -0.2) is 0 Å². The van der Waals surface area contributed by atoms with Crippen LogP contribution in [0.5, 0.6) is 0 Å². The fraction of sp³-hybridized carbons (Fsp3) is 0.833. The summed E-state index contributed by atoms with van der Waals surface area (Å²) < 4.78 is 19.3. The molecule has 1 aromatic heterocycles. The highest BCUT2D eigenvalue weighted by Gasteiger charge is 2.79. The lowest BCUT2D eigenvalue weighted by atomic mass is 9.44. The van der Waals surface area contributed by atoms with E-state index in [9.17, 15) is 40.5 Å². The molecule has 13 heteroatoms. The molecule has 7 fully saturated rings. The smallest absolute Gasteiger partial charge is 0.201 e. The summed E-state index contributed by atoms with van der Waals surface area (Å²) in [6, 6.07) is 0. The molecule has 12 rings (SSSR count). The number of hydrogen-bond donors (Lipinski definition) is 7. The molecule has 21 atom stereocenters. The number of aliphatic hydroxyl groups is 7. The summed E-state index contributed by atoms with van der Waals surface area (Å²) >= 11 is 0. The van der Waals surface area contributed by atoms with Gasteiger partial charge in [-0.2, -0.15) is 0 Å². The van der Waals surface area contributed by atoms with Gasteiger partial charge in [0.15, 0.2) is 5.79 Å². The molecule has 3 aliphatic heterocycles. The minimum atomic E-state index is -1.85. The summed E-state index contributed by atoms with van der Waals surface area (Å²) in [6.07, 6.45) is 9.46. The summed E-state index contributed by atoms with van der Waals surface area (Å²) in [4.78, 5) is 26.0. The van der Waals surface area contributed by atoms with Gasteiger partial charge >= 0.3 is 0 Å². The highest BCUT2D eigenvalue weighted by atomic mass is 16.7. The third kappa shape index (κ3) is 5.60. The van der Waals surface area contributed by atoms with Crippen LogP contribution in [-0.4, -0.2) is 118 Å². The van der Waals surface area contributed by atoms with Crippen LogP contribution in [0.25, 0.3) is 0 Å². The largest absolute Gasteiger partial charge is 0.393 e. The average Bonchev–Trinajstić information content (AvgIpc) is 3.92. The van der Waals surface area contributed by atoms with E-state index in [-0.39, 0.29) is 72.3 Å². The molecule has 0 amide bonds. The lowest BCUT2D eigenvalue weighted by molar-refractivity contribution is -0.331. The zero-order valence-electron chi connectivity index (χ0n) is 40.9. The van der Waals surface area contributed by atoms with Gasteiger partial charge in [0, 0.05) is 36.5 Å². The summed E-state index contributed by atoms with van der Waals surface area (Å²) in [5.41, 5.74) is 0.875. The van der Waals surface area contributed by atoms with Crippen molar-refractivity contribution in [2.24, 2.45) is 74.9 Å². The number of allylic oxidation sites excluding steroid dienone is 1. The predicted molar refractivity (Wildman–Crippen MR) is 243 cm³/mol. The van der Waals surface area contributed by atoms with Crippen LogP contribution in [0.4, 0.5) is 0 Å². The van der Waals surface area contributed by atoms with Gasteiger partial charge in [-0.05, 0) is 137 Å². The number of aliphatic hydroxyl groups excluding tert-OH is 4. The van der Waals surface area contributed by atoms with Crippen molar-refractivity contribution in [2.45, 2.75) is 192 Å². The molecule has 3 saturated heterocycles. The summed E-state index contributed by atoms with van der Waals surface area (Å²) in [6.45, 7) is 15.3. The summed E-state index contributed by atoms with van der Waals surface area (Å²) in [5, 5.41) is 80.4. The standard InChI is InChI=1S/C54H76N2O11/c1-26-32-13-14-33-30-11-9-28-15-37-40(21-49(28,7)35(30)18-42(59)51(32,33)25-65-53(26,64)43(60)22-46(3,4)62)56-38-16-29-10-12-31-34(48(29,6)20-39(38)55-37)17-41(58)50(8)36(31)19-45-52(50,63)27(2)54(66-45)44(61)23-47(5,24-57)67-54/h14,19,26-32,34-35,41,43-45,57-58,60-64H,9-13,15-18,20-25H2,1-8H3/t26?,27?,28-,29-,30-,31+,32+,34-,35-,41+,43+,44?,45-,47-,48-,49-,50+,51+,52+,53?,54-/m0/s1. The average molecular weight is 929 g/mol. The van der Waals surface area contributed by atoms with Gasteiger partial charge < -0.3 is 50.0 Å². The van der Waals surface area contributed by atoms with Crippen LogP contribution in [0.1, 0.15) is 136 Å². The number of ether oxygens (including phenoxy) is 3. The first kappa shape index (κ1) is 45.9. The molecule has 0 aromatic carbocycles. The first-order chi connectivity index (χ1) is 31.3. The molecule has 11 aliphatic rings. The van der Waals surface area contributed by atoms with Crippen molar-refractivity contribution in [3.63, 3.8) is 0 Å². The lowest BCUT2D eigenvalue weighted by Crippen LogP contribution is -2.65. The number of ketones is 1. The molecule has 368 valence electrons. The van der Waals surface area contributed by atoms with Crippen LogP contribution >= 0.6 is 0 Å². The highest BCUT2D eigenvalue weighted by molar-refractivity contribution is 5.91. The van der Waals surface area contributed by atoms with E-state index in [1.54, 1.807) is 20.8 Å². The van der Waals surface area contributed by atoms with E-state index in [1.165, 1.54) is 5.57 Å². The summed E-state index contributed by atoms with van der Waals surface area (Å²) in [7, 11) is 0. The molecule has 0 radical (unpaired) electrons. The number of carbonyl (C=O) groups is 1. The van der Waals surface area contributed by atoms with Crippen LogP contribution in [0.3, 0.4) is 0 Å². The van der Waals surface area contributed by atoms with Crippen LogP contribution in [-0.2, 0) is 44.7 Å². The quantitative estimate of drug-likeness (QED) is 0.208. The van der Waals surface area contributed by atoms with Crippen molar-refractivity contribution in [3.05, 3.63) is 46.1 Å². The third-order valence-corrected chi connectivity index (χ3v) is 22.5. The first-order valence-corrected chi connectivity index (χ1v) is 26.0. The third-order valence-electron chi connectivity index (χ3n) is 22.5. The van der Waals surface area contributed by atoms with Crippen LogP contribution < -0.4 is 0 Å². The molecule has 13 nitrogen and oxygen atoms in total. The fourth-order valence-electron chi connectivity index (χ4n) is 18.6. The van der Waals surface area contributed by atoms with E-state index in [0.717, 1.165) is 79.7 Å². The number of aromatic nitrogens is 2. The predicted octanol–water partition coefficient (Wildman–Crippen LogP) is 4.46. The molecule has 1 aromatic rings. The van der Waals surface area contributed by atoms with Gasteiger partial charge in [-0.15, -0.1) is 0 Å². The van der Waals surface area contributed by atoms with Crippen LogP contribution in [0.15, 0.2) is 23.3 Å². The Balaban J connectivity index is 0.794. The monoisotopic (exact) mass is 929 g/mol. The lowest BCUT2D eigenvalue weighted by Gasteiger charge is -2.61. The molecular formula is C54H76N2O11. The number of carbonyl (C=O) groups excluding carboxylic acids is 1. The number of nitrogens with zero attached hydrogens (tertiary/aromatic N) is 2. The minimum Gasteiger partial charge on any atom is -0.393 e. The maximum absolute atomic E-state index is 14.8. The molecule has 4 unspecified atom stereocenters. The van der Waals surface area contributed by atoms with Crippen LogP contribution in [0.2, 0.25) is 0 Å². The Bertz CT molecular complexity index is 2370. The zero-order valence-corrected chi connectivity index (χ0v) is 40.9. The van der Waals surface area contributed by atoms with Crippen molar-refractivity contribution >= 4 is 5.78 Å². The van der Waals surface area contributed by atoms with Crippen LogP contribution in [0, 0.1) is 74.9 Å². The topological polar surface area (TPSA) is 212 Å². The number of fused-ring (bicyclic) bond motifs is 13. The second-order valence-electron chi connectivity index (χ2n) is 26.0. The first-order valence-electron chi connectivity index (χ1n) is 26.0. The molecule has 7 N–H and O–H groups in total. The summed E-state index contributed by atoms with van der Waals surface area (Å²) in [5.74, 6) is -3.04. The van der Waals surface area contributed by atoms with Gasteiger partial charge in [0.25, 0.3) is 0 Å². The van der Waals surface area contributed by atoms with Gasteiger partial charge in [0.2, 0.25) is 5.79 Å². The van der Waals surface area contributed by atoms with Crippen molar-refractivity contribution in [1.29, 1.82) is 0 Å². The zero-order chi connectivity index (χ0) is 47.6. The van der Waals surface area contributed by atoms with Gasteiger partial charge in [0.1, 0.15) is 29.7 Å². The maximum Gasteiger partial charge on any atom is 0.201 e. The number of rotatable bonds is 4. The Morgan fingerprint density at radius 1 is 0.836 bits per heavy atom. The van der Waals surface area contributed by atoms with Gasteiger partial charge in [0.05, 0.1) is 58.7 Å². The second kappa shape index (κ2) is 14.1. The van der Waals surface area contributed by atoms with E-state index >= 15 is 0 Å². The molecule has 8 aliphatic carbocycles. The number of Topliss-reactive ketones (excluding diaryl/α,β-unsaturated/α-hetero) is 1. The molecule has 67 heavy (non-hydrogen) atoms. The Hall–Kier alpha value is -2.17. The SMILES string of the molecule is CC1[C@H]2CC=C3[C@@H]4CC[C@H]5Cc6nc7c(nc6C[C@]5(C)[C@H]4CC(=O)[C@@]32COC1(O)[C@H](O)CC(C)(C)O)C[C@@H]1CC[C@H]2C3=C[C@@H]4O[C@]5(O[C@](C)(CO)CC5O)C(C)[C@]4(O)[C@@]3(C)[C@H](O)C[C@@H]2[C@@]1(C)C7. The van der Waals surface area contributed by atoms with E-state index in [4.69, 9.17) is 24.2 Å². The maximum atomic E-state index is 14.8. The highest BCUT2D eigenvalue weighted by Crippen LogP contribution is 2.72. The molecule has 0 bridgehead atoms. The fourth-order valence-corrected chi connectivity index (χ4v) is 18.6. The molecule has 4 saturated carbocycles. The van der Waals surface area contributed by atoms with E-state index < -0.39 is 75.5 Å². The Morgan fingerprint density at radius 3 is 2.04 bits per heavy atom. The van der Waals surface area contributed by atoms with E-state index in [1.807, 2.05) is 20.8 Å². The minimum absolute atomic E-state index is 0.0382. The molecular weight excluding hydrogens is 853 g/mol.